The van der Waals surface area contributed by atoms with Crippen molar-refractivity contribution in [3.63, 3.8) is 0 Å². The molecule has 0 aromatic heterocycles. The molecule has 1 aliphatic rings. The molecule has 0 atom stereocenters. The summed E-state index contributed by atoms with van der Waals surface area (Å²) in [5.41, 5.74) is 7.25. The molecule has 1 aromatic rings. The molecule has 0 bridgehead atoms. The van der Waals surface area contributed by atoms with Crippen molar-refractivity contribution in [3.8, 4) is 5.75 Å². The zero-order chi connectivity index (χ0) is 14.0. The van der Waals surface area contributed by atoms with E-state index >= 15 is 0 Å². The average molecular weight is 260 g/mol. The van der Waals surface area contributed by atoms with Crippen LogP contribution in [-0.4, -0.2) is 29.9 Å². The van der Waals surface area contributed by atoms with Gasteiger partial charge in [-0.25, -0.2) is 0 Å². The van der Waals surface area contributed by atoms with Gasteiger partial charge in [0.1, 0.15) is 12.4 Å². The molecule has 0 spiro atoms. The van der Waals surface area contributed by atoms with Crippen molar-refractivity contribution in [1.82, 2.24) is 4.90 Å². The summed E-state index contributed by atoms with van der Waals surface area (Å²) in [6.07, 6.45) is 0. The van der Waals surface area contributed by atoms with Crippen molar-refractivity contribution < 1.29 is 14.3 Å². The molecule has 2 amide bonds. The van der Waals surface area contributed by atoms with Crippen molar-refractivity contribution in [2.75, 3.05) is 18.9 Å². The normalized spacial score (nSPS) is 15.4. The molecule has 1 heterocycles. The molecule has 2 rings (SSSR count). The number of hydrogen-bond acceptors (Lipinski definition) is 4. The monoisotopic (exact) mass is 260 g/mol. The molecule has 1 aromatic carbocycles. The minimum Gasteiger partial charge on any atom is -0.492 e. The van der Waals surface area contributed by atoms with E-state index in [0.717, 1.165) is 0 Å². The van der Waals surface area contributed by atoms with E-state index in [9.17, 15) is 9.59 Å². The van der Waals surface area contributed by atoms with Crippen LogP contribution in [0.25, 0.3) is 0 Å². The van der Waals surface area contributed by atoms with Crippen LogP contribution in [0.5, 0.6) is 5.75 Å². The molecular formula is C14H16N2O3. The van der Waals surface area contributed by atoms with Crippen molar-refractivity contribution >= 4 is 17.5 Å². The number of nitrogens with two attached hydrogens (primary N) is 1. The van der Waals surface area contributed by atoms with Gasteiger partial charge >= 0.3 is 0 Å². The molecule has 0 unspecified atom stereocenters. The molecular weight excluding hydrogens is 244 g/mol. The highest BCUT2D eigenvalue weighted by Gasteiger charge is 2.32. The molecule has 5 nitrogen and oxygen atoms in total. The molecule has 0 radical (unpaired) electrons. The predicted octanol–water partition coefficient (Wildman–Crippen LogP) is 1.35. The first kappa shape index (κ1) is 13.1. The van der Waals surface area contributed by atoms with Crippen LogP contribution in [0.4, 0.5) is 5.69 Å². The largest absolute Gasteiger partial charge is 0.492 e. The number of nitrogens with zero attached hydrogens (tertiary/aromatic N) is 1. The molecule has 100 valence electrons. The van der Waals surface area contributed by atoms with Crippen LogP contribution < -0.4 is 10.5 Å². The van der Waals surface area contributed by atoms with Gasteiger partial charge in [0.15, 0.2) is 0 Å². The smallest absolute Gasteiger partial charge is 0.256 e. The molecule has 0 aliphatic carbocycles. The predicted molar refractivity (Wildman–Crippen MR) is 71.4 cm³/mol. The van der Waals surface area contributed by atoms with E-state index in [2.05, 4.69) is 0 Å². The van der Waals surface area contributed by atoms with E-state index in [1.54, 1.807) is 38.1 Å². The van der Waals surface area contributed by atoms with Gasteiger partial charge in [-0.1, -0.05) is 6.07 Å². The fourth-order valence-corrected chi connectivity index (χ4v) is 1.88. The number of nitrogen functional groups attached to an aromatic ring is 1. The maximum atomic E-state index is 11.8. The molecule has 2 N–H and O–H groups in total. The van der Waals surface area contributed by atoms with Gasteiger partial charge in [-0.2, -0.15) is 0 Å². The van der Waals surface area contributed by atoms with Crippen molar-refractivity contribution in [1.29, 1.82) is 0 Å². The molecule has 0 saturated heterocycles. The number of carbonyl (C=O) groups is 2. The summed E-state index contributed by atoms with van der Waals surface area (Å²) in [5, 5.41) is 0. The summed E-state index contributed by atoms with van der Waals surface area (Å²) in [6, 6.07) is 7.02. The van der Waals surface area contributed by atoms with Crippen LogP contribution in [0, 0.1) is 0 Å². The minimum absolute atomic E-state index is 0.237. The Labute approximate surface area is 111 Å². The summed E-state index contributed by atoms with van der Waals surface area (Å²) in [4.78, 5) is 24.8. The van der Waals surface area contributed by atoms with Gasteiger partial charge in [-0.05, 0) is 26.0 Å². The number of benzene rings is 1. The second-order valence-electron chi connectivity index (χ2n) is 4.43. The third-order valence-corrected chi connectivity index (χ3v) is 3.14. The number of amides is 2. The number of rotatable bonds is 4. The van der Waals surface area contributed by atoms with Gasteiger partial charge in [-0.15, -0.1) is 0 Å². The zero-order valence-electron chi connectivity index (χ0n) is 11.0. The fraction of sp³-hybridized carbons (Fsp3) is 0.286. The lowest BCUT2D eigenvalue weighted by Crippen LogP contribution is -2.35. The van der Waals surface area contributed by atoms with Crippen LogP contribution in [-0.2, 0) is 9.59 Å². The van der Waals surface area contributed by atoms with E-state index in [0.29, 0.717) is 22.6 Å². The summed E-state index contributed by atoms with van der Waals surface area (Å²) >= 11 is 0. The third-order valence-electron chi connectivity index (χ3n) is 3.14. The fourth-order valence-electron chi connectivity index (χ4n) is 1.88. The van der Waals surface area contributed by atoms with Crippen LogP contribution >= 0.6 is 0 Å². The Morgan fingerprint density at radius 2 is 1.79 bits per heavy atom. The Morgan fingerprint density at radius 1 is 1.16 bits per heavy atom. The highest BCUT2D eigenvalue weighted by Crippen LogP contribution is 2.19. The lowest BCUT2D eigenvalue weighted by Gasteiger charge is -2.15. The highest BCUT2D eigenvalue weighted by atomic mass is 16.5. The van der Waals surface area contributed by atoms with Crippen molar-refractivity contribution in [2.45, 2.75) is 13.8 Å². The number of imide groups is 1. The molecule has 1 aliphatic heterocycles. The Kier molecular flexibility index (Phi) is 3.55. The first-order valence-corrected chi connectivity index (χ1v) is 6.02. The molecule has 19 heavy (non-hydrogen) atoms. The number of hydrogen-bond donors (Lipinski definition) is 1. The average Bonchev–Trinajstić information content (AvgIpc) is 2.56. The van der Waals surface area contributed by atoms with Crippen molar-refractivity contribution in [3.05, 3.63) is 35.4 Å². The summed E-state index contributed by atoms with van der Waals surface area (Å²) in [6.45, 7) is 3.81. The number of ether oxygens (including phenoxy) is 1. The number of carbonyl (C=O) groups excluding carboxylic acids is 2. The lowest BCUT2D eigenvalue weighted by molar-refractivity contribution is -0.137. The van der Waals surface area contributed by atoms with Crippen molar-refractivity contribution in [2.24, 2.45) is 0 Å². The second-order valence-corrected chi connectivity index (χ2v) is 4.43. The van der Waals surface area contributed by atoms with E-state index in [1.807, 2.05) is 0 Å². The minimum atomic E-state index is -0.237. The van der Waals surface area contributed by atoms with E-state index in [1.165, 1.54) is 4.90 Å². The third kappa shape index (κ3) is 2.59. The molecule has 5 heteroatoms. The van der Waals surface area contributed by atoms with Gasteiger partial charge in [0, 0.05) is 22.9 Å². The highest BCUT2D eigenvalue weighted by molar-refractivity contribution is 6.18. The van der Waals surface area contributed by atoms with Crippen LogP contribution in [0.2, 0.25) is 0 Å². The maximum absolute atomic E-state index is 11.8. The first-order chi connectivity index (χ1) is 9.00. The van der Waals surface area contributed by atoms with E-state index in [4.69, 9.17) is 10.5 Å². The Balaban J connectivity index is 1.91. The standard InChI is InChI=1S/C14H16N2O3/c1-9-10(2)14(18)16(13(9)17)6-7-19-12-5-3-4-11(15)8-12/h3-5,8H,6-7,15H2,1-2H3. The number of anilines is 1. The van der Waals surface area contributed by atoms with Crippen LogP contribution in [0.3, 0.4) is 0 Å². The van der Waals surface area contributed by atoms with E-state index in [-0.39, 0.29) is 25.0 Å². The summed E-state index contributed by atoms with van der Waals surface area (Å²) in [5.74, 6) is 0.151. The van der Waals surface area contributed by atoms with Gasteiger partial charge in [-0.3, -0.25) is 14.5 Å². The zero-order valence-corrected chi connectivity index (χ0v) is 11.0. The maximum Gasteiger partial charge on any atom is 0.256 e. The molecule has 0 saturated carbocycles. The summed E-state index contributed by atoms with van der Waals surface area (Å²) < 4.78 is 5.47. The first-order valence-electron chi connectivity index (χ1n) is 6.02. The second kappa shape index (κ2) is 5.14. The Morgan fingerprint density at radius 3 is 2.37 bits per heavy atom. The topological polar surface area (TPSA) is 72.6 Å². The van der Waals surface area contributed by atoms with Gasteiger partial charge < -0.3 is 10.5 Å². The van der Waals surface area contributed by atoms with E-state index < -0.39 is 0 Å². The Hall–Kier alpha value is -2.30. The summed E-state index contributed by atoms with van der Waals surface area (Å²) in [7, 11) is 0. The van der Waals surface area contributed by atoms with Gasteiger partial charge in [0.25, 0.3) is 11.8 Å². The van der Waals surface area contributed by atoms with Gasteiger partial charge in [0.2, 0.25) is 0 Å². The van der Waals surface area contributed by atoms with Gasteiger partial charge in [0.05, 0.1) is 6.54 Å². The lowest BCUT2D eigenvalue weighted by atomic mass is 10.2. The van der Waals surface area contributed by atoms with Crippen LogP contribution in [0.15, 0.2) is 35.4 Å². The van der Waals surface area contributed by atoms with Crippen LogP contribution in [0.1, 0.15) is 13.8 Å². The Bertz CT molecular complexity index is 540. The molecule has 0 fully saturated rings. The SMILES string of the molecule is CC1=C(C)C(=O)N(CCOc2cccc(N)c2)C1=O. The quantitative estimate of drug-likeness (QED) is 0.655.